The molecule has 0 aromatic carbocycles. The lowest BCUT2D eigenvalue weighted by atomic mass is 10.3. The zero-order chi connectivity index (χ0) is 14.2. The van der Waals surface area contributed by atoms with Crippen LogP contribution in [0.3, 0.4) is 0 Å². The van der Waals surface area contributed by atoms with Crippen LogP contribution < -0.4 is 11.2 Å². The molecule has 0 atom stereocenters. The van der Waals surface area contributed by atoms with Crippen molar-refractivity contribution in [2.45, 2.75) is 6.18 Å². The van der Waals surface area contributed by atoms with E-state index < -0.39 is 23.1 Å². The topological polar surface area (TPSA) is 67.8 Å². The van der Waals surface area contributed by atoms with Crippen molar-refractivity contribution in [3.05, 3.63) is 56.1 Å². The smallest absolute Gasteiger partial charge is 0.303 e. The number of aromatic amines is 1. The number of H-pyrrole nitrogens is 1. The average Bonchev–Trinajstić information content (AvgIpc) is 2.29. The van der Waals surface area contributed by atoms with Gasteiger partial charge >= 0.3 is 11.9 Å². The van der Waals surface area contributed by atoms with E-state index in [1.54, 1.807) is 4.98 Å². The molecule has 0 fully saturated rings. The van der Waals surface area contributed by atoms with Crippen LogP contribution in [0.1, 0.15) is 5.69 Å². The molecular weight excluding hydrogens is 287 g/mol. The van der Waals surface area contributed by atoms with E-state index in [4.69, 9.17) is 11.6 Å². The molecule has 2 aromatic heterocycles. The fourth-order valence-electron chi connectivity index (χ4n) is 1.39. The van der Waals surface area contributed by atoms with Gasteiger partial charge in [0.1, 0.15) is 10.8 Å². The van der Waals surface area contributed by atoms with E-state index in [-0.39, 0.29) is 10.8 Å². The molecule has 0 saturated carbocycles. The van der Waals surface area contributed by atoms with Crippen LogP contribution in [0.4, 0.5) is 13.2 Å². The SMILES string of the molecule is O=c1cc(C(F)(F)F)[nH]c(=O)n1-c1ccc(Cl)nc1. The lowest BCUT2D eigenvalue weighted by Crippen LogP contribution is -2.35. The first-order valence-electron chi connectivity index (χ1n) is 4.84. The van der Waals surface area contributed by atoms with Gasteiger partial charge in [0.15, 0.2) is 0 Å². The highest BCUT2D eigenvalue weighted by atomic mass is 35.5. The van der Waals surface area contributed by atoms with Crippen molar-refractivity contribution in [1.29, 1.82) is 0 Å². The van der Waals surface area contributed by atoms with Crippen LogP contribution in [0.5, 0.6) is 0 Å². The molecule has 2 rings (SSSR count). The Balaban J connectivity index is 2.64. The minimum atomic E-state index is -4.80. The summed E-state index contributed by atoms with van der Waals surface area (Å²) in [7, 11) is 0. The average molecular weight is 292 g/mol. The molecule has 0 unspecified atom stereocenters. The Labute approximate surface area is 108 Å². The highest BCUT2D eigenvalue weighted by molar-refractivity contribution is 6.29. The minimum absolute atomic E-state index is 0.0179. The van der Waals surface area contributed by atoms with Crippen LogP contribution >= 0.6 is 11.6 Å². The third-order valence-corrected chi connectivity index (χ3v) is 2.43. The Bertz CT molecular complexity index is 687. The van der Waals surface area contributed by atoms with Crippen molar-refractivity contribution in [2.75, 3.05) is 0 Å². The predicted molar refractivity (Wildman–Crippen MR) is 60.5 cm³/mol. The summed E-state index contributed by atoms with van der Waals surface area (Å²) in [6.07, 6.45) is -3.69. The van der Waals surface area contributed by atoms with E-state index in [0.29, 0.717) is 10.6 Å². The molecule has 9 heteroatoms. The molecular formula is C10H5ClF3N3O2. The highest BCUT2D eigenvalue weighted by Crippen LogP contribution is 2.25. The summed E-state index contributed by atoms with van der Waals surface area (Å²) < 4.78 is 37.7. The zero-order valence-corrected chi connectivity index (χ0v) is 9.79. The van der Waals surface area contributed by atoms with Gasteiger partial charge in [0, 0.05) is 6.07 Å². The van der Waals surface area contributed by atoms with Crippen molar-refractivity contribution in [2.24, 2.45) is 0 Å². The maximum Gasteiger partial charge on any atom is 0.431 e. The second-order valence-electron chi connectivity index (χ2n) is 3.50. The van der Waals surface area contributed by atoms with Gasteiger partial charge in [-0.3, -0.25) is 4.79 Å². The fraction of sp³-hybridized carbons (Fsp3) is 0.100. The molecule has 0 bridgehead atoms. The van der Waals surface area contributed by atoms with Gasteiger partial charge in [0.05, 0.1) is 11.9 Å². The van der Waals surface area contributed by atoms with Gasteiger partial charge in [0.2, 0.25) is 0 Å². The molecule has 19 heavy (non-hydrogen) atoms. The second-order valence-corrected chi connectivity index (χ2v) is 3.89. The molecule has 0 radical (unpaired) electrons. The van der Waals surface area contributed by atoms with E-state index >= 15 is 0 Å². The Morgan fingerprint density at radius 2 is 1.95 bits per heavy atom. The lowest BCUT2D eigenvalue weighted by molar-refractivity contribution is -0.141. The van der Waals surface area contributed by atoms with Crippen LogP contribution in [0.25, 0.3) is 5.69 Å². The number of hydrogen-bond donors (Lipinski definition) is 1. The largest absolute Gasteiger partial charge is 0.431 e. The molecule has 5 nitrogen and oxygen atoms in total. The van der Waals surface area contributed by atoms with Crippen LogP contribution in [0.15, 0.2) is 34.0 Å². The molecule has 0 aliphatic rings. The summed E-state index contributed by atoms with van der Waals surface area (Å²) in [4.78, 5) is 28.3. The Kier molecular flexibility index (Phi) is 3.19. The van der Waals surface area contributed by atoms with Crippen molar-refractivity contribution in [1.82, 2.24) is 14.5 Å². The van der Waals surface area contributed by atoms with E-state index in [1.165, 1.54) is 12.1 Å². The van der Waals surface area contributed by atoms with Crippen LogP contribution in [-0.4, -0.2) is 14.5 Å². The van der Waals surface area contributed by atoms with Crippen LogP contribution in [0, 0.1) is 0 Å². The third-order valence-electron chi connectivity index (χ3n) is 2.21. The van der Waals surface area contributed by atoms with E-state index in [1.807, 2.05) is 0 Å². The summed E-state index contributed by atoms with van der Waals surface area (Å²) in [6, 6.07) is 2.90. The lowest BCUT2D eigenvalue weighted by Gasteiger charge is -2.08. The Morgan fingerprint density at radius 3 is 2.42 bits per heavy atom. The first-order valence-corrected chi connectivity index (χ1v) is 5.22. The molecule has 2 aromatic rings. The zero-order valence-electron chi connectivity index (χ0n) is 9.03. The van der Waals surface area contributed by atoms with Gasteiger partial charge in [-0.1, -0.05) is 11.6 Å². The molecule has 100 valence electrons. The molecule has 0 aliphatic heterocycles. The van der Waals surface area contributed by atoms with Gasteiger partial charge < -0.3 is 4.98 Å². The molecule has 0 spiro atoms. The predicted octanol–water partition coefficient (Wildman–Crippen LogP) is 1.59. The van der Waals surface area contributed by atoms with Crippen molar-refractivity contribution < 1.29 is 13.2 Å². The molecule has 0 aliphatic carbocycles. The molecule has 0 amide bonds. The Morgan fingerprint density at radius 1 is 1.26 bits per heavy atom. The third kappa shape index (κ3) is 2.68. The summed E-state index contributed by atoms with van der Waals surface area (Å²) in [6.45, 7) is 0. The monoisotopic (exact) mass is 291 g/mol. The van der Waals surface area contributed by atoms with Gasteiger partial charge in [-0.15, -0.1) is 0 Å². The van der Waals surface area contributed by atoms with Gasteiger partial charge in [-0.25, -0.2) is 14.3 Å². The molecule has 1 N–H and O–H groups in total. The quantitative estimate of drug-likeness (QED) is 0.811. The molecule has 0 saturated heterocycles. The fourth-order valence-corrected chi connectivity index (χ4v) is 1.50. The summed E-state index contributed by atoms with van der Waals surface area (Å²) in [5, 5.41) is 0.125. The summed E-state index contributed by atoms with van der Waals surface area (Å²) in [5.41, 5.74) is -3.70. The van der Waals surface area contributed by atoms with Crippen LogP contribution in [-0.2, 0) is 6.18 Å². The number of hydrogen-bond acceptors (Lipinski definition) is 3. The number of halogens is 4. The second kappa shape index (κ2) is 4.54. The molecule has 2 heterocycles. The standard InChI is InChI=1S/C10H5ClF3N3O2/c11-7-2-1-5(4-15-7)17-8(18)3-6(10(12,13)14)16-9(17)19/h1-4H,(H,16,19). The van der Waals surface area contributed by atoms with Crippen molar-refractivity contribution >= 4 is 11.6 Å². The van der Waals surface area contributed by atoms with Crippen molar-refractivity contribution in [3.63, 3.8) is 0 Å². The summed E-state index contributed by atoms with van der Waals surface area (Å²) in [5.74, 6) is 0. The van der Waals surface area contributed by atoms with Gasteiger partial charge in [-0.2, -0.15) is 13.2 Å². The van der Waals surface area contributed by atoms with Gasteiger partial charge in [0.25, 0.3) is 5.56 Å². The number of pyridine rings is 1. The highest BCUT2D eigenvalue weighted by Gasteiger charge is 2.33. The van der Waals surface area contributed by atoms with Crippen LogP contribution in [0.2, 0.25) is 5.15 Å². The normalized spacial score (nSPS) is 11.6. The van der Waals surface area contributed by atoms with Crippen molar-refractivity contribution in [3.8, 4) is 5.69 Å². The first-order chi connectivity index (χ1) is 8.79. The number of alkyl halides is 3. The van der Waals surface area contributed by atoms with E-state index in [2.05, 4.69) is 4.98 Å². The number of rotatable bonds is 1. The maximum absolute atomic E-state index is 12.4. The maximum atomic E-state index is 12.4. The van der Waals surface area contributed by atoms with E-state index in [9.17, 15) is 22.8 Å². The van der Waals surface area contributed by atoms with E-state index in [0.717, 1.165) is 6.20 Å². The first kappa shape index (κ1) is 13.3. The Hall–Kier alpha value is -2.09. The summed E-state index contributed by atoms with van der Waals surface area (Å²) >= 11 is 5.53. The van der Waals surface area contributed by atoms with Gasteiger partial charge in [-0.05, 0) is 12.1 Å². The number of aromatic nitrogens is 3. The number of nitrogens with one attached hydrogen (secondary N) is 1. The minimum Gasteiger partial charge on any atom is -0.303 e. The number of nitrogens with zero attached hydrogens (tertiary/aromatic N) is 2.